The number of imidazole rings is 1. The van der Waals surface area contributed by atoms with Gasteiger partial charge in [0.2, 0.25) is 0 Å². The Bertz CT molecular complexity index is 1610. The number of benzene rings is 3. The fraction of sp³-hybridized carbons (Fsp3) is 0.219. The van der Waals surface area contributed by atoms with Crippen molar-refractivity contribution in [3.05, 3.63) is 101 Å². The molecule has 1 aliphatic heterocycles. The normalized spacial score (nSPS) is 12.9. The van der Waals surface area contributed by atoms with E-state index in [-0.39, 0.29) is 5.91 Å². The SMILES string of the molecule is CCOc1ccc(-c2c3c4n(c(-c5ccc(Cl)cc5)cn4c2C(=O)Nc2ccc(C)cc2)CCCC3)cc1. The highest BCUT2D eigenvalue weighted by atomic mass is 35.5. The third-order valence-corrected chi connectivity index (χ3v) is 7.50. The molecule has 0 saturated carbocycles. The lowest BCUT2D eigenvalue weighted by Crippen LogP contribution is -2.15. The summed E-state index contributed by atoms with van der Waals surface area (Å²) in [4.78, 5) is 14.0. The van der Waals surface area contributed by atoms with E-state index in [1.54, 1.807) is 0 Å². The van der Waals surface area contributed by atoms with Gasteiger partial charge in [0, 0.05) is 34.6 Å². The summed E-state index contributed by atoms with van der Waals surface area (Å²) in [5, 5.41) is 3.87. The Morgan fingerprint density at radius 2 is 1.66 bits per heavy atom. The van der Waals surface area contributed by atoms with Crippen molar-refractivity contribution in [2.45, 2.75) is 39.7 Å². The molecular weight excluding hydrogens is 494 g/mol. The Kier molecular flexibility index (Phi) is 6.46. The van der Waals surface area contributed by atoms with Gasteiger partial charge in [0.05, 0.1) is 12.3 Å². The number of anilines is 1. The third kappa shape index (κ3) is 4.37. The van der Waals surface area contributed by atoms with E-state index in [9.17, 15) is 4.79 Å². The molecule has 1 N–H and O–H groups in total. The molecule has 3 heterocycles. The average molecular weight is 524 g/mol. The minimum absolute atomic E-state index is 0.126. The molecule has 1 amide bonds. The number of ether oxygens (including phenoxy) is 1. The van der Waals surface area contributed by atoms with Crippen LogP contribution in [0.25, 0.3) is 28.0 Å². The molecule has 192 valence electrons. The Balaban J connectivity index is 1.57. The van der Waals surface area contributed by atoms with E-state index >= 15 is 0 Å². The summed E-state index contributed by atoms with van der Waals surface area (Å²) in [6.07, 6.45) is 5.15. The lowest BCUT2D eigenvalue weighted by atomic mass is 9.97. The number of aromatic nitrogens is 2. The average Bonchev–Trinajstić information content (AvgIpc) is 3.34. The van der Waals surface area contributed by atoms with Gasteiger partial charge in [-0.25, -0.2) is 0 Å². The zero-order valence-electron chi connectivity index (χ0n) is 21.6. The molecule has 5 aromatic rings. The van der Waals surface area contributed by atoms with Crippen LogP contribution in [0.3, 0.4) is 0 Å². The lowest BCUT2D eigenvalue weighted by Gasteiger charge is -2.11. The maximum Gasteiger partial charge on any atom is 0.273 e. The Labute approximate surface area is 227 Å². The molecule has 5 nitrogen and oxygen atoms in total. The molecule has 0 fully saturated rings. The number of carbonyl (C=O) groups excluding carboxylic acids is 1. The summed E-state index contributed by atoms with van der Waals surface area (Å²) in [5.41, 5.74) is 9.05. The first-order valence-electron chi connectivity index (χ1n) is 13.2. The molecule has 0 saturated heterocycles. The largest absolute Gasteiger partial charge is 0.494 e. The fourth-order valence-electron chi connectivity index (χ4n) is 5.48. The molecule has 0 unspecified atom stereocenters. The number of aryl methyl sites for hydroxylation is 3. The van der Waals surface area contributed by atoms with Gasteiger partial charge in [-0.1, -0.05) is 53.6 Å². The first-order valence-corrected chi connectivity index (χ1v) is 13.5. The number of nitrogens with one attached hydrogen (secondary N) is 1. The zero-order chi connectivity index (χ0) is 26.2. The van der Waals surface area contributed by atoms with Crippen molar-refractivity contribution < 1.29 is 9.53 Å². The fourth-order valence-corrected chi connectivity index (χ4v) is 5.61. The molecule has 0 aliphatic carbocycles. The van der Waals surface area contributed by atoms with Crippen LogP contribution in [-0.2, 0) is 13.0 Å². The molecule has 2 aromatic heterocycles. The number of hydrogen-bond acceptors (Lipinski definition) is 2. The van der Waals surface area contributed by atoms with Gasteiger partial charge < -0.3 is 14.6 Å². The maximum absolute atomic E-state index is 14.0. The van der Waals surface area contributed by atoms with Crippen LogP contribution in [0.1, 0.15) is 41.4 Å². The zero-order valence-corrected chi connectivity index (χ0v) is 22.4. The number of hydrogen-bond donors (Lipinski definition) is 1. The van der Waals surface area contributed by atoms with Gasteiger partial charge in [-0.05, 0) is 80.6 Å². The van der Waals surface area contributed by atoms with Crippen molar-refractivity contribution >= 4 is 28.8 Å². The van der Waals surface area contributed by atoms with Gasteiger partial charge in [-0.15, -0.1) is 0 Å². The van der Waals surface area contributed by atoms with Crippen LogP contribution < -0.4 is 10.1 Å². The van der Waals surface area contributed by atoms with E-state index in [2.05, 4.69) is 32.6 Å². The number of nitrogens with zero attached hydrogens (tertiary/aromatic N) is 2. The summed E-state index contributed by atoms with van der Waals surface area (Å²) in [5.74, 6) is 0.699. The third-order valence-electron chi connectivity index (χ3n) is 7.25. The van der Waals surface area contributed by atoms with Gasteiger partial charge in [-0.2, -0.15) is 0 Å². The van der Waals surface area contributed by atoms with Crippen LogP contribution in [0.15, 0.2) is 79.0 Å². The predicted octanol–water partition coefficient (Wildman–Crippen LogP) is 8.02. The Hall–Kier alpha value is -3.96. The van der Waals surface area contributed by atoms with Gasteiger partial charge in [-0.3, -0.25) is 9.20 Å². The number of amides is 1. The molecule has 1 aliphatic rings. The van der Waals surface area contributed by atoms with E-state index in [0.29, 0.717) is 17.3 Å². The highest BCUT2D eigenvalue weighted by Gasteiger charge is 2.29. The first kappa shape index (κ1) is 24.4. The summed E-state index contributed by atoms with van der Waals surface area (Å²) in [6, 6.07) is 23.9. The van der Waals surface area contributed by atoms with E-state index in [0.717, 1.165) is 70.8 Å². The highest BCUT2D eigenvalue weighted by Crippen LogP contribution is 2.40. The predicted molar refractivity (Wildman–Crippen MR) is 155 cm³/mol. The van der Waals surface area contributed by atoms with Crippen LogP contribution in [0.4, 0.5) is 5.69 Å². The molecule has 0 radical (unpaired) electrons. The van der Waals surface area contributed by atoms with Gasteiger partial charge in [0.1, 0.15) is 17.1 Å². The van der Waals surface area contributed by atoms with E-state index in [1.165, 1.54) is 5.56 Å². The summed E-state index contributed by atoms with van der Waals surface area (Å²) in [7, 11) is 0. The van der Waals surface area contributed by atoms with Crippen molar-refractivity contribution in [2.24, 2.45) is 0 Å². The van der Waals surface area contributed by atoms with Crippen molar-refractivity contribution in [1.82, 2.24) is 8.97 Å². The minimum Gasteiger partial charge on any atom is -0.494 e. The molecule has 6 rings (SSSR count). The molecule has 0 spiro atoms. The molecular formula is C32H30ClN3O2. The second-order valence-electron chi connectivity index (χ2n) is 9.80. The molecule has 3 aromatic carbocycles. The van der Waals surface area contributed by atoms with Gasteiger partial charge in [0.25, 0.3) is 5.91 Å². The van der Waals surface area contributed by atoms with Crippen molar-refractivity contribution in [1.29, 1.82) is 0 Å². The Morgan fingerprint density at radius 3 is 2.37 bits per heavy atom. The standard InChI is InChI=1S/C32H30ClN3O2/c1-3-38-26-17-11-23(12-18-26)29-27-6-4-5-19-35-28(22-9-13-24(33)14-10-22)20-36(32(27)35)30(29)31(37)34-25-15-7-21(2)8-16-25/h7-18,20H,3-6,19H2,1-2H3,(H,34,37). The van der Waals surface area contributed by atoms with Crippen LogP contribution in [0, 0.1) is 6.92 Å². The summed E-state index contributed by atoms with van der Waals surface area (Å²) >= 11 is 6.19. The topological polar surface area (TPSA) is 47.7 Å². The highest BCUT2D eigenvalue weighted by molar-refractivity contribution is 6.30. The lowest BCUT2D eigenvalue weighted by molar-refractivity contribution is 0.102. The van der Waals surface area contributed by atoms with E-state index in [4.69, 9.17) is 16.3 Å². The number of rotatable bonds is 6. The van der Waals surface area contributed by atoms with Crippen LogP contribution in [0.5, 0.6) is 5.75 Å². The van der Waals surface area contributed by atoms with E-state index < -0.39 is 0 Å². The van der Waals surface area contributed by atoms with Crippen LogP contribution in [-0.4, -0.2) is 21.5 Å². The van der Waals surface area contributed by atoms with Crippen molar-refractivity contribution in [3.8, 4) is 28.1 Å². The van der Waals surface area contributed by atoms with Crippen molar-refractivity contribution in [2.75, 3.05) is 11.9 Å². The smallest absolute Gasteiger partial charge is 0.273 e. The quantitative estimate of drug-likeness (QED) is 0.245. The van der Waals surface area contributed by atoms with Gasteiger partial charge in [0.15, 0.2) is 0 Å². The van der Waals surface area contributed by atoms with Crippen LogP contribution in [0.2, 0.25) is 5.02 Å². The molecule has 0 atom stereocenters. The second kappa shape index (κ2) is 10.1. The van der Waals surface area contributed by atoms with E-state index in [1.807, 2.05) is 74.5 Å². The summed E-state index contributed by atoms with van der Waals surface area (Å²) in [6.45, 7) is 5.53. The maximum atomic E-state index is 14.0. The van der Waals surface area contributed by atoms with Gasteiger partial charge >= 0.3 is 0 Å². The summed E-state index contributed by atoms with van der Waals surface area (Å²) < 4.78 is 10.2. The molecule has 38 heavy (non-hydrogen) atoms. The van der Waals surface area contributed by atoms with Crippen molar-refractivity contribution in [3.63, 3.8) is 0 Å². The second-order valence-corrected chi connectivity index (χ2v) is 10.2. The molecule has 6 heteroatoms. The number of halogens is 1. The van der Waals surface area contributed by atoms with Crippen LogP contribution >= 0.6 is 11.6 Å². The number of carbonyl (C=O) groups is 1. The molecule has 0 bridgehead atoms. The Morgan fingerprint density at radius 1 is 0.947 bits per heavy atom. The monoisotopic (exact) mass is 523 g/mol. The first-order chi connectivity index (χ1) is 18.5. The minimum atomic E-state index is -0.126.